The molecular weight excluding hydrogens is 182 g/mol. The van der Waals surface area contributed by atoms with Crippen molar-refractivity contribution in [2.45, 2.75) is 19.6 Å². The minimum atomic E-state index is -0.684. The summed E-state index contributed by atoms with van der Waals surface area (Å²) in [5.74, 6) is 1.76. The predicted octanol–water partition coefficient (Wildman–Crippen LogP) is 0.373. The molecule has 0 aromatic carbocycles. The van der Waals surface area contributed by atoms with Crippen molar-refractivity contribution < 1.29 is 14.6 Å². The van der Waals surface area contributed by atoms with Gasteiger partial charge in [-0.25, -0.2) is 0 Å². The molecule has 0 fully saturated rings. The van der Waals surface area contributed by atoms with Crippen LogP contribution in [-0.2, 0) is 6.54 Å². The molecule has 0 aliphatic carbocycles. The summed E-state index contributed by atoms with van der Waals surface area (Å²) in [6, 6.07) is 3.82. The summed E-state index contributed by atoms with van der Waals surface area (Å²) in [6.45, 7) is 2.77. The van der Waals surface area contributed by atoms with Crippen LogP contribution >= 0.6 is 0 Å². The molecule has 0 bridgehead atoms. The summed E-state index contributed by atoms with van der Waals surface area (Å²) < 4.78 is 5.38. The van der Waals surface area contributed by atoms with Crippen LogP contribution in [0.1, 0.15) is 11.5 Å². The van der Waals surface area contributed by atoms with E-state index in [1.165, 1.54) is 0 Å². The second-order valence-corrected chi connectivity index (χ2v) is 3.55. The van der Waals surface area contributed by atoms with Crippen LogP contribution in [0.5, 0.6) is 0 Å². The Morgan fingerprint density at radius 3 is 2.71 bits per heavy atom. The fourth-order valence-corrected chi connectivity index (χ4v) is 1.32. The molecule has 1 aromatic rings. The zero-order chi connectivity index (χ0) is 10.6. The molecule has 4 heteroatoms. The van der Waals surface area contributed by atoms with Gasteiger partial charge in [-0.05, 0) is 26.1 Å². The fraction of sp³-hybridized carbons (Fsp3) is 0.600. The van der Waals surface area contributed by atoms with Crippen molar-refractivity contribution in [2.24, 2.45) is 0 Å². The van der Waals surface area contributed by atoms with Crippen LogP contribution in [0.2, 0.25) is 0 Å². The molecule has 4 nitrogen and oxygen atoms in total. The number of furan rings is 1. The largest absolute Gasteiger partial charge is 0.465 e. The molecule has 14 heavy (non-hydrogen) atoms. The molecule has 1 rings (SSSR count). The van der Waals surface area contributed by atoms with E-state index in [1.54, 1.807) is 0 Å². The van der Waals surface area contributed by atoms with Gasteiger partial charge in [-0.3, -0.25) is 4.90 Å². The molecule has 0 aliphatic rings. The monoisotopic (exact) mass is 199 g/mol. The molecule has 1 atom stereocenters. The highest BCUT2D eigenvalue weighted by Gasteiger charge is 2.08. The van der Waals surface area contributed by atoms with E-state index in [2.05, 4.69) is 0 Å². The van der Waals surface area contributed by atoms with Crippen LogP contribution in [-0.4, -0.2) is 41.4 Å². The minimum Gasteiger partial charge on any atom is -0.465 e. The number of hydrogen-bond donors (Lipinski definition) is 2. The van der Waals surface area contributed by atoms with E-state index in [0.29, 0.717) is 13.1 Å². The summed E-state index contributed by atoms with van der Waals surface area (Å²) in [4.78, 5) is 1.90. The Bertz CT molecular complexity index is 272. The summed E-state index contributed by atoms with van der Waals surface area (Å²) in [5.41, 5.74) is 0. The number of aliphatic hydroxyl groups is 2. The number of aryl methyl sites for hydroxylation is 1. The van der Waals surface area contributed by atoms with Gasteiger partial charge in [0, 0.05) is 6.54 Å². The first-order valence-electron chi connectivity index (χ1n) is 4.64. The Morgan fingerprint density at radius 2 is 2.21 bits per heavy atom. The van der Waals surface area contributed by atoms with Crippen molar-refractivity contribution >= 4 is 0 Å². The fourth-order valence-electron chi connectivity index (χ4n) is 1.32. The first-order chi connectivity index (χ1) is 6.61. The summed E-state index contributed by atoms with van der Waals surface area (Å²) in [7, 11) is 1.87. The predicted molar refractivity (Wildman–Crippen MR) is 52.9 cm³/mol. The van der Waals surface area contributed by atoms with Crippen molar-refractivity contribution in [1.29, 1.82) is 0 Å². The normalized spacial score (nSPS) is 13.5. The molecule has 0 aliphatic heterocycles. The minimum absolute atomic E-state index is 0.207. The molecule has 0 spiro atoms. The number of hydrogen-bond acceptors (Lipinski definition) is 4. The molecular formula is C10H17NO3. The zero-order valence-electron chi connectivity index (χ0n) is 8.60. The van der Waals surface area contributed by atoms with Crippen molar-refractivity contribution in [1.82, 2.24) is 4.90 Å². The second kappa shape index (κ2) is 5.14. The summed E-state index contributed by atoms with van der Waals surface area (Å²) in [6.07, 6.45) is -0.684. The highest BCUT2D eigenvalue weighted by molar-refractivity contribution is 5.05. The molecule has 80 valence electrons. The van der Waals surface area contributed by atoms with Crippen molar-refractivity contribution in [3.8, 4) is 0 Å². The van der Waals surface area contributed by atoms with Crippen LogP contribution in [0, 0.1) is 6.92 Å². The maximum atomic E-state index is 9.19. The van der Waals surface area contributed by atoms with Gasteiger partial charge in [0.25, 0.3) is 0 Å². The topological polar surface area (TPSA) is 56.8 Å². The Balaban J connectivity index is 2.37. The van der Waals surface area contributed by atoms with E-state index >= 15 is 0 Å². The molecule has 1 aromatic heterocycles. The Labute approximate surface area is 83.8 Å². The van der Waals surface area contributed by atoms with Gasteiger partial charge in [0.15, 0.2) is 0 Å². The molecule has 1 unspecified atom stereocenters. The van der Waals surface area contributed by atoms with Crippen LogP contribution in [0.4, 0.5) is 0 Å². The van der Waals surface area contributed by atoms with Gasteiger partial charge in [0.2, 0.25) is 0 Å². The van der Waals surface area contributed by atoms with Crippen LogP contribution in [0.15, 0.2) is 16.5 Å². The smallest absolute Gasteiger partial charge is 0.118 e. The van der Waals surface area contributed by atoms with E-state index in [4.69, 9.17) is 9.52 Å². The van der Waals surface area contributed by atoms with E-state index in [0.717, 1.165) is 11.5 Å². The van der Waals surface area contributed by atoms with E-state index in [1.807, 2.05) is 31.0 Å². The number of nitrogens with zero attached hydrogens (tertiary/aromatic N) is 1. The zero-order valence-corrected chi connectivity index (χ0v) is 8.60. The van der Waals surface area contributed by atoms with Crippen molar-refractivity contribution in [3.63, 3.8) is 0 Å². The van der Waals surface area contributed by atoms with Crippen LogP contribution < -0.4 is 0 Å². The Hall–Kier alpha value is -0.840. The van der Waals surface area contributed by atoms with E-state index < -0.39 is 6.10 Å². The van der Waals surface area contributed by atoms with Gasteiger partial charge in [-0.1, -0.05) is 0 Å². The van der Waals surface area contributed by atoms with Gasteiger partial charge in [-0.2, -0.15) is 0 Å². The van der Waals surface area contributed by atoms with Gasteiger partial charge in [0.1, 0.15) is 11.5 Å². The second-order valence-electron chi connectivity index (χ2n) is 3.55. The average molecular weight is 199 g/mol. The van der Waals surface area contributed by atoms with Gasteiger partial charge < -0.3 is 14.6 Å². The molecule has 0 saturated carbocycles. The first kappa shape index (κ1) is 11.2. The lowest BCUT2D eigenvalue weighted by Crippen LogP contribution is -2.30. The number of aliphatic hydroxyl groups excluding tert-OH is 2. The van der Waals surface area contributed by atoms with Crippen molar-refractivity contribution in [2.75, 3.05) is 20.2 Å². The lowest BCUT2D eigenvalue weighted by Gasteiger charge is -2.17. The highest BCUT2D eigenvalue weighted by atomic mass is 16.3. The lowest BCUT2D eigenvalue weighted by molar-refractivity contribution is 0.0630. The quantitative estimate of drug-likeness (QED) is 0.719. The van der Waals surface area contributed by atoms with Gasteiger partial charge in [-0.15, -0.1) is 0 Å². The third-order valence-electron chi connectivity index (χ3n) is 1.95. The average Bonchev–Trinajstić information content (AvgIpc) is 2.50. The maximum absolute atomic E-state index is 9.19. The summed E-state index contributed by atoms with van der Waals surface area (Å²) in [5, 5.41) is 17.8. The van der Waals surface area contributed by atoms with E-state index in [-0.39, 0.29) is 6.61 Å². The third-order valence-corrected chi connectivity index (χ3v) is 1.95. The Morgan fingerprint density at radius 1 is 1.50 bits per heavy atom. The third kappa shape index (κ3) is 3.49. The molecule has 1 heterocycles. The SMILES string of the molecule is Cc1ccc(CN(C)CC(O)CO)o1. The summed E-state index contributed by atoms with van der Waals surface area (Å²) >= 11 is 0. The lowest BCUT2D eigenvalue weighted by atomic mass is 10.3. The number of rotatable bonds is 5. The molecule has 0 saturated heterocycles. The van der Waals surface area contributed by atoms with Gasteiger partial charge in [0.05, 0.1) is 19.3 Å². The highest BCUT2D eigenvalue weighted by Crippen LogP contribution is 2.08. The Kier molecular flexibility index (Phi) is 4.13. The molecule has 0 amide bonds. The standard InChI is InChI=1S/C10H17NO3/c1-8-3-4-10(14-8)6-11(2)5-9(13)7-12/h3-4,9,12-13H,5-7H2,1-2H3. The number of likely N-dealkylation sites (N-methyl/N-ethyl adjacent to an activating group) is 1. The van der Waals surface area contributed by atoms with E-state index in [9.17, 15) is 5.11 Å². The first-order valence-corrected chi connectivity index (χ1v) is 4.64. The molecule has 0 radical (unpaired) electrons. The van der Waals surface area contributed by atoms with Gasteiger partial charge >= 0.3 is 0 Å². The van der Waals surface area contributed by atoms with Crippen molar-refractivity contribution in [3.05, 3.63) is 23.7 Å². The molecule has 2 N–H and O–H groups in total. The van der Waals surface area contributed by atoms with Crippen LogP contribution in [0.25, 0.3) is 0 Å². The van der Waals surface area contributed by atoms with Crippen LogP contribution in [0.3, 0.4) is 0 Å². The maximum Gasteiger partial charge on any atom is 0.118 e.